The van der Waals surface area contributed by atoms with Crippen molar-refractivity contribution in [2.24, 2.45) is 0 Å². The summed E-state index contributed by atoms with van der Waals surface area (Å²) in [6.45, 7) is 4.30. The number of benzene rings is 2. The van der Waals surface area contributed by atoms with Crippen LogP contribution in [0.3, 0.4) is 0 Å². The molecule has 0 spiro atoms. The first kappa shape index (κ1) is 19.0. The lowest BCUT2D eigenvalue weighted by Gasteiger charge is -2.08. The Labute approximate surface area is 159 Å². The summed E-state index contributed by atoms with van der Waals surface area (Å²) in [6, 6.07) is 10.6. The predicted molar refractivity (Wildman–Crippen MR) is 102 cm³/mol. The normalized spacial score (nSPS) is 10.8. The summed E-state index contributed by atoms with van der Waals surface area (Å²) < 4.78 is 28.8. The van der Waals surface area contributed by atoms with Crippen LogP contribution < -0.4 is 5.32 Å². The van der Waals surface area contributed by atoms with Crippen molar-refractivity contribution in [2.45, 2.75) is 25.5 Å². The van der Waals surface area contributed by atoms with E-state index in [2.05, 4.69) is 15.5 Å². The second-order valence-electron chi connectivity index (χ2n) is 5.88. The molecule has 0 aliphatic heterocycles. The molecular weight excluding hydrogens is 370 g/mol. The van der Waals surface area contributed by atoms with Gasteiger partial charge >= 0.3 is 0 Å². The molecule has 0 aliphatic carbocycles. The minimum absolute atomic E-state index is 0.0644. The van der Waals surface area contributed by atoms with Gasteiger partial charge in [-0.25, -0.2) is 8.78 Å². The van der Waals surface area contributed by atoms with Crippen LogP contribution >= 0.6 is 11.8 Å². The van der Waals surface area contributed by atoms with Crippen LogP contribution in [0.4, 0.5) is 14.5 Å². The van der Waals surface area contributed by atoms with Crippen molar-refractivity contribution in [1.82, 2.24) is 14.8 Å². The van der Waals surface area contributed by atoms with Gasteiger partial charge in [-0.15, -0.1) is 10.2 Å². The standard InChI is InChI=1S/C19H18F2N4OS/c1-3-25-18(13-5-7-14(20)8-6-13)23-24-19(25)27-11-17(26)22-16-9-4-12(2)10-15(16)21/h4-10H,3,11H2,1-2H3,(H,22,26). The van der Waals surface area contributed by atoms with Gasteiger partial charge in [-0.05, 0) is 55.8 Å². The van der Waals surface area contributed by atoms with Gasteiger partial charge in [0.15, 0.2) is 11.0 Å². The molecule has 27 heavy (non-hydrogen) atoms. The molecule has 1 heterocycles. The Morgan fingerprint density at radius 1 is 1.15 bits per heavy atom. The van der Waals surface area contributed by atoms with E-state index in [1.807, 2.05) is 11.5 Å². The van der Waals surface area contributed by atoms with E-state index in [4.69, 9.17) is 0 Å². The van der Waals surface area contributed by atoms with Gasteiger partial charge in [0, 0.05) is 12.1 Å². The molecule has 0 fully saturated rings. The highest BCUT2D eigenvalue weighted by Gasteiger charge is 2.15. The van der Waals surface area contributed by atoms with Crippen molar-refractivity contribution < 1.29 is 13.6 Å². The highest BCUT2D eigenvalue weighted by atomic mass is 32.2. The first-order chi connectivity index (χ1) is 13.0. The zero-order chi connectivity index (χ0) is 19.4. The number of anilines is 1. The first-order valence-corrected chi connectivity index (χ1v) is 9.34. The lowest BCUT2D eigenvalue weighted by Crippen LogP contribution is -2.15. The minimum Gasteiger partial charge on any atom is -0.323 e. The van der Waals surface area contributed by atoms with Crippen LogP contribution in [0.15, 0.2) is 47.6 Å². The predicted octanol–water partition coefficient (Wildman–Crippen LogP) is 4.28. The van der Waals surface area contributed by atoms with Crippen molar-refractivity contribution in [3.63, 3.8) is 0 Å². The van der Waals surface area contributed by atoms with Crippen LogP contribution in [0.2, 0.25) is 0 Å². The molecule has 0 unspecified atom stereocenters. The van der Waals surface area contributed by atoms with Crippen molar-refractivity contribution in [3.05, 3.63) is 59.7 Å². The SMILES string of the molecule is CCn1c(SCC(=O)Nc2ccc(C)cc2F)nnc1-c1ccc(F)cc1. The molecule has 0 aliphatic rings. The Bertz CT molecular complexity index is 957. The Balaban J connectivity index is 1.69. The van der Waals surface area contributed by atoms with Crippen LogP contribution in [0.1, 0.15) is 12.5 Å². The fourth-order valence-electron chi connectivity index (χ4n) is 2.53. The summed E-state index contributed by atoms with van der Waals surface area (Å²) in [5.74, 6) is -0.462. The molecule has 140 valence electrons. The van der Waals surface area contributed by atoms with Gasteiger partial charge in [-0.1, -0.05) is 17.8 Å². The van der Waals surface area contributed by atoms with E-state index < -0.39 is 5.82 Å². The molecule has 0 bridgehead atoms. The molecule has 1 amide bonds. The van der Waals surface area contributed by atoms with E-state index in [1.54, 1.807) is 25.1 Å². The van der Waals surface area contributed by atoms with Crippen LogP contribution in [-0.4, -0.2) is 26.4 Å². The molecule has 3 rings (SSSR count). The fourth-order valence-corrected chi connectivity index (χ4v) is 3.33. The summed E-state index contributed by atoms with van der Waals surface area (Å²) >= 11 is 1.21. The number of nitrogens with zero attached hydrogens (tertiary/aromatic N) is 3. The third-order valence-electron chi connectivity index (χ3n) is 3.87. The summed E-state index contributed by atoms with van der Waals surface area (Å²) in [4.78, 5) is 12.1. The molecule has 0 radical (unpaired) electrons. The summed E-state index contributed by atoms with van der Waals surface area (Å²) in [5, 5.41) is 11.4. The number of aromatic nitrogens is 3. The van der Waals surface area contributed by atoms with Crippen LogP contribution in [0.25, 0.3) is 11.4 Å². The number of hydrogen-bond donors (Lipinski definition) is 1. The van der Waals surface area contributed by atoms with E-state index in [-0.39, 0.29) is 23.2 Å². The van der Waals surface area contributed by atoms with E-state index in [1.165, 1.54) is 36.0 Å². The van der Waals surface area contributed by atoms with Crippen molar-refractivity contribution in [2.75, 3.05) is 11.1 Å². The smallest absolute Gasteiger partial charge is 0.234 e. The van der Waals surface area contributed by atoms with Gasteiger partial charge in [0.2, 0.25) is 5.91 Å². The molecule has 0 saturated heterocycles. The zero-order valence-corrected chi connectivity index (χ0v) is 15.7. The largest absolute Gasteiger partial charge is 0.323 e. The summed E-state index contributed by atoms with van der Waals surface area (Å²) in [6.07, 6.45) is 0. The van der Waals surface area contributed by atoms with Gasteiger partial charge in [0.25, 0.3) is 0 Å². The number of halogens is 2. The second-order valence-corrected chi connectivity index (χ2v) is 6.82. The molecule has 3 aromatic rings. The maximum Gasteiger partial charge on any atom is 0.234 e. The Kier molecular flexibility index (Phi) is 5.85. The molecule has 0 saturated carbocycles. The van der Waals surface area contributed by atoms with Gasteiger partial charge < -0.3 is 9.88 Å². The van der Waals surface area contributed by atoms with Crippen LogP contribution in [-0.2, 0) is 11.3 Å². The lowest BCUT2D eigenvalue weighted by atomic mass is 10.2. The highest BCUT2D eigenvalue weighted by Crippen LogP contribution is 2.24. The number of hydrogen-bond acceptors (Lipinski definition) is 4. The fraction of sp³-hybridized carbons (Fsp3) is 0.211. The number of aryl methyl sites for hydroxylation is 1. The Morgan fingerprint density at radius 2 is 1.89 bits per heavy atom. The van der Waals surface area contributed by atoms with Gasteiger partial charge in [-0.3, -0.25) is 4.79 Å². The van der Waals surface area contributed by atoms with Gasteiger partial charge in [-0.2, -0.15) is 0 Å². The third kappa shape index (κ3) is 4.51. The minimum atomic E-state index is -0.469. The molecule has 0 atom stereocenters. The van der Waals surface area contributed by atoms with Crippen LogP contribution in [0.5, 0.6) is 0 Å². The molecule has 1 N–H and O–H groups in total. The van der Waals surface area contributed by atoms with Crippen molar-refractivity contribution >= 4 is 23.4 Å². The van der Waals surface area contributed by atoms with E-state index in [0.29, 0.717) is 17.5 Å². The monoisotopic (exact) mass is 388 g/mol. The molecule has 2 aromatic carbocycles. The van der Waals surface area contributed by atoms with E-state index in [9.17, 15) is 13.6 Å². The number of carbonyl (C=O) groups excluding carboxylic acids is 1. The summed E-state index contributed by atoms with van der Waals surface area (Å²) in [5.41, 5.74) is 1.67. The molecular formula is C19H18F2N4OS. The van der Waals surface area contributed by atoms with Gasteiger partial charge in [0.1, 0.15) is 11.6 Å². The molecule has 1 aromatic heterocycles. The van der Waals surface area contributed by atoms with Crippen molar-refractivity contribution in [3.8, 4) is 11.4 Å². The van der Waals surface area contributed by atoms with Crippen molar-refractivity contribution in [1.29, 1.82) is 0 Å². The topological polar surface area (TPSA) is 59.8 Å². The van der Waals surface area contributed by atoms with E-state index >= 15 is 0 Å². The average molecular weight is 388 g/mol. The quantitative estimate of drug-likeness (QED) is 0.640. The molecule has 8 heteroatoms. The third-order valence-corrected chi connectivity index (χ3v) is 4.83. The highest BCUT2D eigenvalue weighted by molar-refractivity contribution is 7.99. The van der Waals surface area contributed by atoms with Crippen LogP contribution in [0, 0.1) is 18.6 Å². The number of rotatable bonds is 6. The second kappa shape index (κ2) is 8.30. The zero-order valence-electron chi connectivity index (χ0n) is 14.9. The van der Waals surface area contributed by atoms with E-state index in [0.717, 1.165) is 11.1 Å². The number of carbonyl (C=O) groups is 1. The maximum atomic E-state index is 13.8. The number of nitrogens with one attached hydrogen (secondary N) is 1. The first-order valence-electron chi connectivity index (χ1n) is 8.36. The summed E-state index contributed by atoms with van der Waals surface area (Å²) in [7, 11) is 0. The molecule has 5 nitrogen and oxygen atoms in total. The maximum absolute atomic E-state index is 13.8. The average Bonchev–Trinajstić information content (AvgIpc) is 3.06. The Morgan fingerprint density at radius 3 is 2.56 bits per heavy atom. The lowest BCUT2D eigenvalue weighted by molar-refractivity contribution is -0.113. The van der Waals surface area contributed by atoms with Gasteiger partial charge in [0.05, 0.1) is 11.4 Å². The number of amides is 1. The number of thioether (sulfide) groups is 1. The Hall–Kier alpha value is -2.74.